The van der Waals surface area contributed by atoms with Crippen molar-refractivity contribution >= 4 is 23.5 Å². The Bertz CT molecular complexity index is 715. The summed E-state index contributed by atoms with van der Waals surface area (Å²) >= 11 is 5.83. The molecule has 0 aliphatic carbocycles. The number of esters is 1. The third kappa shape index (κ3) is 4.99. The van der Waals surface area contributed by atoms with Crippen LogP contribution in [0.15, 0.2) is 48.5 Å². The van der Waals surface area contributed by atoms with Crippen LogP contribution in [0.5, 0.6) is 5.75 Å². The third-order valence-electron chi connectivity index (χ3n) is 3.39. The van der Waals surface area contributed by atoms with E-state index < -0.39 is 5.97 Å². The van der Waals surface area contributed by atoms with Gasteiger partial charge in [-0.2, -0.15) is 0 Å². The van der Waals surface area contributed by atoms with Crippen molar-refractivity contribution in [2.45, 2.75) is 13.0 Å². The van der Waals surface area contributed by atoms with Crippen molar-refractivity contribution in [1.82, 2.24) is 5.32 Å². The predicted molar refractivity (Wildman–Crippen MR) is 91.3 cm³/mol. The van der Waals surface area contributed by atoms with Crippen LogP contribution in [-0.4, -0.2) is 25.6 Å². The molecule has 0 radical (unpaired) electrons. The summed E-state index contributed by atoms with van der Waals surface area (Å²) in [6.07, 6.45) is 0. The van der Waals surface area contributed by atoms with Gasteiger partial charge in [-0.15, -0.1) is 0 Å². The second kappa shape index (κ2) is 8.36. The summed E-state index contributed by atoms with van der Waals surface area (Å²) in [7, 11) is 1.51. The molecular weight excluding hydrogens is 330 g/mol. The van der Waals surface area contributed by atoms with Crippen LogP contribution in [0.2, 0.25) is 5.02 Å². The van der Waals surface area contributed by atoms with Gasteiger partial charge in [0.1, 0.15) is 5.75 Å². The lowest BCUT2D eigenvalue weighted by Gasteiger charge is -2.14. The zero-order valence-corrected chi connectivity index (χ0v) is 14.2. The molecule has 2 rings (SSSR count). The normalized spacial score (nSPS) is 11.5. The topological polar surface area (TPSA) is 64.6 Å². The number of ether oxygens (including phenoxy) is 2. The second-order valence-electron chi connectivity index (χ2n) is 5.15. The van der Waals surface area contributed by atoms with Gasteiger partial charge in [-0.3, -0.25) is 4.79 Å². The van der Waals surface area contributed by atoms with E-state index in [9.17, 15) is 9.59 Å². The van der Waals surface area contributed by atoms with Crippen molar-refractivity contribution in [2.24, 2.45) is 0 Å². The van der Waals surface area contributed by atoms with Crippen LogP contribution in [0.1, 0.15) is 28.9 Å². The van der Waals surface area contributed by atoms with Gasteiger partial charge in [-0.1, -0.05) is 29.8 Å². The lowest BCUT2D eigenvalue weighted by Crippen LogP contribution is -2.31. The number of amides is 1. The van der Waals surface area contributed by atoms with Crippen LogP contribution < -0.4 is 10.1 Å². The van der Waals surface area contributed by atoms with Crippen molar-refractivity contribution in [3.8, 4) is 5.75 Å². The number of halogens is 1. The average Bonchev–Trinajstić information content (AvgIpc) is 2.60. The van der Waals surface area contributed by atoms with E-state index in [0.717, 1.165) is 5.56 Å². The van der Waals surface area contributed by atoms with Crippen LogP contribution >= 0.6 is 11.6 Å². The molecule has 126 valence electrons. The largest absolute Gasteiger partial charge is 0.497 e. The van der Waals surface area contributed by atoms with E-state index in [1.165, 1.54) is 7.11 Å². The van der Waals surface area contributed by atoms with E-state index in [1.807, 2.05) is 19.1 Å². The molecule has 0 unspecified atom stereocenters. The summed E-state index contributed by atoms with van der Waals surface area (Å²) in [5.74, 6) is -0.415. The Labute approximate surface area is 145 Å². The molecule has 1 atom stereocenters. The first-order chi connectivity index (χ1) is 11.5. The Morgan fingerprint density at radius 2 is 1.88 bits per heavy atom. The summed E-state index contributed by atoms with van der Waals surface area (Å²) < 4.78 is 10.1. The molecule has 0 spiro atoms. The third-order valence-corrected chi connectivity index (χ3v) is 3.64. The zero-order chi connectivity index (χ0) is 17.5. The Morgan fingerprint density at radius 3 is 2.54 bits per heavy atom. The van der Waals surface area contributed by atoms with Crippen LogP contribution in [-0.2, 0) is 9.53 Å². The molecule has 6 heteroatoms. The summed E-state index contributed by atoms with van der Waals surface area (Å²) in [6, 6.07) is 13.5. The van der Waals surface area contributed by atoms with Gasteiger partial charge in [0.15, 0.2) is 6.61 Å². The molecule has 0 heterocycles. The van der Waals surface area contributed by atoms with Gasteiger partial charge in [0.05, 0.1) is 18.7 Å². The highest BCUT2D eigenvalue weighted by Crippen LogP contribution is 2.16. The van der Waals surface area contributed by atoms with Crippen LogP contribution in [0.3, 0.4) is 0 Å². The summed E-state index contributed by atoms with van der Waals surface area (Å²) in [6.45, 7) is 1.49. The molecule has 0 aromatic heterocycles. The number of carbonyl (C=O) groups is 2. The molecule has 2 aromatic rings. The van der Waals surface area contributed by atoms with E-state index in [2.05, 4.69) is 5.32 Å². The van der Waals surface area contributed by atoms with Gasteiger partial charge in [-0.25, -0.2) is 4.79 Å². The van der Waals surface area contributed by atoms with Gasteiger partial charge in [0, 0.05) is 5.02 Å². The van der Waals surface area contributed by atoms with Crippen molar-refractivity contribution in [1.29, 1.82) is 0 Å². The minimum Gasteiger partial charge on any atom is -0.497 e. The number of hydrogen-bond donors (Lipinski definition) is 1. The number of nitrogens with one attached hydrogen (secondary N) is 1. The maximum atomic E-state index is 11.9. The van der Waals surface area contributed by atoms with E-state index in [4.69, 9.17) is 21.1 Å². The number of methoxy groups -OCH3 is 1. The fraction of sp³-hybridized carbons (Fsp3) is 0.222. The Kier molecular flexibility index (Phi) is 6.21. The first kappa shape index (κ1) is 17.8. The van der Waals surface area contributed by atoms with Gasteiger partial charge in [0.2, 0.25) is 0 Å². The Hall–Kier alpha value is -2.53. The van der Waals surface area contributed by atoms with Crippen molar-refractivity contribution < 1.29 is 19.1 Å². The van der Waals surface area contributed by atoms with Crippen LogP contribution in [0.25, 0.3) is 0 Å². The fourth-order valence-corrected chi connectivity index (χ4v) is 2.21. The molecule has 1 amide bonds. The lowest BCUT2D eigenvalue weighted by molar-refractivity contribution is -0.124. The molecule has 0 aliphatic rings. The van der Waals surface area contributed by atoms with E-state index in [0.29, 0.717) is 16.3 Å². The molecular formula is C18H18ClNO4. The van der Waals surface area contributed by atoms with Crippen LogP contribution in [0.4, 0.5) is 0 Å². The highest BCUT2D eigenvalue weighted by atomic mass is 35.5. The summed E-state index contributed by atoms with van der Waals surface area (Å²) in [5, 5.41) is 3.39. The number of benzene rings is 2. The smallest absolute Gasteiger partial charge is 0.338 e. The molecule has 0 fully saturated rings. The molecule has 24 heavy (non-hydrogen) atoms. The monoisotopic (exact) mass is 347 g/mol. The predicted octanol–water partition coefficient (Wildman–Crippen LogP) is 3.38. The van der Waals surface area contributed by atoms with E-state index in [-0.39, 0.29) is 18.6 Å². The van der Waals surface area contributed by atoms with E-state index >= 15 is 0 Å². The van der Waals surface area contributed by atoms with Crippen LogP contribution in [0, 0.1) is 0 Å². The fourth-order valence-electron chi connectivity index (χ4n) is 2.08. The number of hydrogen-bond acceptors (Lipinski definition) is 4. The minimum atomic E-state index is -0.580. The van der Waals surface area contributed by atoms with Crippen molar-refractivity contribution in [3.63, 3.8) is 0 Å². The van der Waals surface area contributed by atoms with Gasteiger partial charge < -0.3 is 14.8 Å². The highest BCUT2D eigenvalue weighted by Gasteiger charge is 2.13. The van der Waals surface area contributed by atoms with Crippen molar-refractivity contribution in [3.05, 3.63) is 64.7 Å². The molecule has 0 aliphatic heterocycles. The van der Waals surface area contributed by atoms with E-state index in [1.54, 1.807) is 36.4 Å². The first-order valence-electron chi connectivity index (χ1n) is 7.35. The summed E-state index contributed by atoms with van der Waals surface area (Å²) in [5.41, 5.74) is 1.24. The van der Waals surface area contributed by atoms with Gasteiger partial charge in [0.25, 0.3) is 5.91 Å². The molecule has 1 N–H and O–H groups in total. The zero-order valence-electron chi connectivity index (χ0n) is 13.4. The summed E-state index contributed by atoms with van der Waals surface area (Å²) in [4.78, 5) is 23.9. The van der Waals surface area contributed by atoms with Crippen molar-refractivity contribution in [2.75, 3.05) is 13.7 Å². The van der Waals surface area contributed by atoms with Gasteiger partial charge >= 0.3 is 5.97 Å². The highest BCUT2D eigenvalue weighted by molar-refractivity contribution is 6.30. The molecule has 5 nitrogen and oxygen atoms in total. The number of rotatable bonds is 6. The average molecular weight is 348 g/mol. The SMILES string of the molecule is COc1cccc(C(=O)OCC(=O)N[C@@H](C)c2ccc(Cl)cc2)c1. The standard InChI is InChI=1S/C18H18ClNO4/c1-12(13-6-8-15(19)9-7-13)20-17(21)11-24-18(22)14-4-3-5-16(10-14)23-2/h3-10,12H,11H2,1-2H3,(H,20,21)/t12-/m0/s1. The lowest BCUT2D eigenvalue weighted by atomic mass is 10.1. The molecule has 2 aromatic carbocycles. The second-order valence-corrected chi connectivity index (χ2v) is 5.59. The molecule has 0 saturated heterocycles. The Balaban J connectivity index is 1.86. The maximum Gasteiger partial charge on any atom is 0.338 e. The maximum absolute atomic E-state index is 11.9. The van der Waals surface area contributed by atoms with Gasteiger partial charge in [-0.05, 0) is 42.8 Å². The first-order valence-corrected chi connectivity index (χ1v) is 7.73. The molecule has 0 saturated carbocycles. The minimum absolute atomic E-state index is 0.217. The number of carbonyl (C=O) groups excluding carboxylic acids is 2. The Morgan fingerprint density at radius 1 is 1.17 bits per heavy atom. The quantitative estimate of drug-likeness (QED) is 0.813. The molecule has 0 bridgehead atoms.